The van der Waals surface area contributed by atoms with Gasteiger partial charge in [-0.25, -0.2) is 0 Å². The fourth-order valence-corrected chi connectivity index (χ4v) is 2.43. The Hall–Kier alpha value is -2.85. The van der Waals surface area contributed by atoms with Crippen LogP contribution in [0.4, 0.5) is 0 Å². The lowest BCUT2D eigenvalue weighted by Gasteiger charge is -2.43. The largest absolute Gasteiger partial charge is 0.463 e. The predicted molar refractivity (Wildman–Crippen MR) is 83.2 cm³/mol. The van der Waals surface area contributed by atoms with Gasteiger partial charge < -0.3 is 24.3 Å². The minimum atomic E-state index is -1.27. The molecule has 5 atom stereocenters. The molecule has 0 aromatic carbocycles. The highest BCUT2D eigenvalue weighted by molar-refractivity contribution is 5.73. The van der Waals surface area contributed by atoms with Crippen LogP contribution < -0.4 is 5.32 Å². The van der Waals surface area contributed by atoms with Gasteiger partial charge in [0.2, 0.25) is 5.91 Å². The molecule has 1 aliphatic heterocycles. The lowest BCUT2D eigenvalue weighted by atomic mass is 9.95. The van der Waals surface area contributed by atoms with Gasteiger partial charge >= 0.3 is 17.9 Å². The Bertz CT molecular complexity index is 618. The van der Waals surface area contributed by atoms with Gasteiger partial charge in [-0.2, -0.15) is 0 Å². The monoisotopic (exact) mass is 372 g/mol. The van der Waals surface area contributed by atoms with E-state index in [1.54, 1.807) is 0 Å². The van der Waals surface area contributed by atoms with Crippen molar-refractivity contribution >= 4 is 23.8 Å². The van der Waals surface area contributed by atoms with Crippen molar-refractivity contribution in [1.29, 1.82) is 0 Å². The molecule has 0 radical (unpaired) electrons. The van der Waals surface area contributed by atoms with E-state index >= 15 is 0 Å². The minimum Gasteiger partial charge on any atom is -0.463 e. The summed E-state index contributed by atoms with van der Waals surface area (Å²) < 4.78 is 20.8. The van der Waals surface area contributed by atoms with Crippen LogP contribution in [0.3, 0.4) is 0 Å². The summed E-state index contributed by atoms with van der Waals surface area (Å²) in [6.07, 6.45) is -4.76. The SMILES string of the molecule is CC(=O)N[C@H]1O[C@H](COC(C)=O)[C@H](OC(C)=O)[C@H](OC(C)=O)[C@H]1N=[N+]=[N-]. The standard InChI is InChI=1S/C14H20N4O8/c1-6(19)16-14-11(17-18-15)13(25-9(4)22)12(24-8(3)21)10(26-14)5-23-7(2)20/h10-14H,5H2,1-4H3,(H,16,19)/t10-,11-,12+,13-,14+/m1/s1. The quantitative estimate of drug-likeness (QED) is 0.223. The minimum absolute atomic E-state index is 0.343. The summed E-state index contributed by atoms with van der Waals surface area (Å²) in [5, 5.41) is 5.92. The van der Waals surface area contributed by atoms with Gasteiger partial charge in [0.1, 0.15) is 25.0 Å². The van der Waals surface area contributed by atoms with Crippen LogP contribution in [-0.2, 0) is 38.1 Å². The second-order valence-electron chi connectivity index (χ2n) is 5.44. The molecule has 1 N–H and O–H groups in total. The van der Waals surface area contributed by atoms with Crippen LogP contribution in [0.25, 0.3) is 10.4 Å². The highest BCUT2D eigenvalue weighted by Crippen LogP contribution is 2.28. The van der Waals surface area contributed by atoms with Crippen molar-refractivity contribution in [3.05, 3.63) is 10.4 Å². The number of esters is 3. The van der Waals surface area contributed by atoms with Gasteiger partial charge in [0.05, 0.1) is 0 Å². The lowest BCUT2D eigenvalue weighted by Crippen LogP contribution is -2.64. The number of nitrogens with one attached hydrogen (secondary N) is 1. The average Bonchev–Trinajstić information content (AvgIpc) is 2.49. The molecule has 1 amide bonds. The van der Waals surface area contributed by atoms with Crippen molar-refractivity contribution in [2.75, 3.05) is 6.61 Å². The summed E-state index contributed by atoms with van der Waals surface area (Å²) in [6.45, 7) is 4.26. The summed E-state index contributed by atoms with van der Waals surface area (Å²) >= 11 is 0. The van der Waals surface area contributed by atoms with E-state index in [-0.39, 0.29) is 6.61 Å². The van der Waals surface area contributed by atoms with E-state index in [4.69, 9.17) is 24.5 Å². The number of hydrogen-bond donors (Lipinski definition) is 1. The molecule has 0 aromatic heterocycles. The Balaban J connectivity index is 3.28. The number of carbonyl (C=O) groups is 4. The van der Waals surface area contributed by atoms with Crippen LogP contribution in [0.2, 0.25) is 0 Å². The molecule has 0 unspecified atom stereocenters. The Kier molecular flexibility index (Phi) is 7.81. The molecule has 1 heterocycles. The van der Waals surface area contributed by atoms with Gasteiger partial charge in [0.15, 0.2) is 12.2 Å². The number of rotatable bonds is 6. The van der Waals surface area contributed by atoms with Crippen molar-refractivity contribution < 1.29 is 38.1 Å². The van der Waals surface area contributed by atoms with Gasteiger partial charge in [0, 0.05) is 32.6 Å². The van der Waals surface area contributed by atoms with E-state index in [0.717, 1.165) is 13.8 Å². The molecule has 26 heavy (non-hydrogen) atoms. The van der Waals surface area contributed by atoms with Crippen LogP contribution in [-0.4, -0.2) is 61.0 Å². The number of ether oxygens (including phenoxy) is 4. The highest BCUT2D eigenvalue weighted by Gasteiger charge is 2.50. The number of azide groups is 1. The maximum atomic E-state index is 11.5. The Labute approximate surface area is 148 Å². The zero-order valence-corrected chi connectivity index (χ0v) is 14.7. The fourth-order valence-electron chi connectivity index (χ4n) is 2.43. The summed E-state index contributed by atoms with van der Waals surface area (Å²) in [6, 6.07) is -1.22. The van der Waals surface area contributed by atoms with E-state index in [1.807, 2.05) is 0 Å². The molecular weight excluding hydrogens is 352 g/mol. The van der Waals surface area contributed by atoms with Crippen LogP contribution in [0.5, 0.6) is 0 Å². The first-order valence-corrected chi connectivity index (χ1v) is 7.60. The summed E-state index contributed by atoms with van der Waals surface area (Å²) in [7, 11) is 0. The maximum absolute atomic E-state index is 11.5. The topological polar surface area (TPSA) is 166 Å². The average molecular weight is 372 g/mol. The van der Waals surface area contributed by atoms with Crippen LogP contribution in [0, 0.1) is 0 Å². The third kappa shape index (κ3) is 6.22. The van der Waals surface area contributed by atoms with Crippen molar-refractivity contribution in [3.63, 3.8) is 0 Å². The lowest BCUT2D eigenvalue weighted by molar-refractivity contribution is -0.224. The fraction of sp³-hybridized carbons (Fsp3) is 0.714. The molecule has 1 aliphatic rings. The van der Waals surface area contributed by atoms with E-state index in [1.165, 1.54) is 13.8 Å². The van der Waals surface area contributed by atoms with Crippen LogP contribution in [0.15, 0.2) is 5.11 Å². The zero-order valence-electron chi connectivity index (χ0n) is 14.7. The molecule has 12 nitrogen and oxygen atoms in total. The van der Waals surface area contributed by atoms with Crippen LogP contribution >= 0.6 is 0 Å². The molecule has 0 aromatic rings. The molecule has 0 saturated carbocycles. The van der Waals surface area contributed by atoms with Gasteiger partial charge in [-0.15, -0.1) is 0 Å². The molecule has 1 saturated heterocycles. The van der Waals surface area contributed by atoms with E-state index in [2.05, 4.69) is 15.3 Å². The normalized spacial score (nSPS) is 27.5. The Morgan fingerprint density at radius 2 is 1.62 bits per heavy atom. The maximum Gasteiger partial charge on any atom is 0.303 e. The molecule has 12 heteroatoms. The summed E-state index contributed by atoms with van der Waals surface area (Å²) in [4.78, 5) is 48.1. The predicted octanol–water partition coefficient (Wildman–Crippen LogP) is -0.0472. The number of carbonyl (C=O) groups excluding carboxylic acids is 4. The van der Waals surface area contributed by atoms with Crippen molar-refractivity contribution in [1.82, 2.24) is 5.32 Å². The second kappa shape index (κ2) is 9.59. The highest BCUT2D eigenvalue weighted by atomic mass is 16.6. The molecule has 1 rings (SSSR count). The van der Waals surface area contributed by atoms with Crippen molar-refractivity contribution in [2.45, 2.75) is 58.3 Å². The smallest absolute Gasteiger partial charge is 0.303 e. The van der Waals surface area contributed by atoms with E-state index in [0.29, 0.717) is 0 Å². The Morgan fingerprint density at radius 3 is 2.08 bits per heavy atom. The van der Waals surface area contributed by atoms with Crippen LogP contribution in [0.1, 0.15) is 27.7 Å². The molecular formula is C14H20N4O8. The number of amides is 1. The van der Waals surface area contributed by atoms with Crippen molar-refractivity contribution in [3.8, 4) is 0 Å². The molecule has 0 spiro atoms. The number of hydrogen-bond acceptors (Lipinski definition) is 9. The van der Waals surface area contributed by atoms with E-state index < -0.39 is 54.4 Å². The van der Waals surface area contributed by atoms with Gasteiger partial charge in [-0.3, -0.25) is 19.2 Å². The third-order valence-corrected chi connectivity index (χ3v) is 3.24. The van der Waals surface area contributed by atoms with Gasteiger partial charge in [-0.1, -0.05) is 5.11 Å². The molecule has 1 fully saturated rings. The third-order valence-electron chi connectivity index (χ3n) is 3.24. The number of nitrogens with zero attached hydrogens (tertiary/aromatic N) is 3. The van der Waals surface area contributed by atoms with E-state index in [9.17, 15) is 19.2 Å². The molecule has 144 valence electrons. The first-order valence-electron chi connectivity index (χ1n) is 7.60. The molecule has 0 aliphatic carbocycles. The van der Waals surface area contributed by atoms with Gasteiger partial charge in [0.25, 0.3) is 0 Å². The first kappa shape index (κ1) is 21.2. The zero-order chi connectivity index (χ0) is 19.9. The second-order valence-corrected chi connectivity index (χ2v) is 5.44. The van der Waals surface area contributed by atoms with Crippen molar-refractivity contribution in [2.24, 2.45) is 5.11 Å². The summed E-state index contributed by atoms with van der Waals surface area (Å²) in [5.74, 6) is -2.58. The van der Waals surface area contributed by atoms with Gasteiger partial charge in [-0.05, 0) is 5.53 Å². The Morgan fingerprint density at radius 1 is 1.04 bits per heavy atom. The molecule has 0 bridgehead atoms. The summed E-state index contributed by atoms with van der Waals surface area (Å²) in [5.41, 5.74) is 8.81. The first-order chi connectivity index (χ1) is 12.1.